The number of nitrogens with zero attached hydrogens (tertiary/aromatic N) is 2. The summed E-state index contributed by atoms with van der Waals surface area (Å²) in [5.74, 6) is 0. The summed E-state index contributed by atoms with van der Waals surface area (Å²) in [4.78, 5) is -0.332. The third kappa shape index (κ3) is 4.95. The molecule has 0 spiro atoms. The van der Waals surface area contributed by atoms with Crippen LogP contribution >= 0.6 is 10.7 Å². The number of hydrogen-bond acceptors (Lipinski definition) is 4. The van der Waals surface area contributed by atoms with Crippen LogP contribution in [-0.4, -0.2) is 31.0 Å². The highest BCUT2D eigenvalue weighted by atomic mass is 35.7. The van der Waals surface area contributed by atoms with Crippen LogP contribution in [0.1, 0.15) is 32.0 Å². The molecule has 0 aliphatic carbocycles. The van der Waals surface area contributed by atoms with Gasteiger partial charge in [-0.2, -0.15) is 18.3 Å². The van der Waals surface area contributed by atoms with E-state index < -0.39 is 28.4 Å². The monoisotopic (exact) mass is 334 g/mol. The first kappa shape index (κ1) is 17.3. The Morgan fingerprint density at radius 3 is 2.55 bits per heavy atom. The molecular formula is C10H14ClF3N2O3S. The minimum absolute atomic E-state index is 0.108. The molecule has 0 unspecified atom stereocenters. The average molecular weight is 335 g/mol. The summed E-state index contributed by atoms with van der Waals surface area (Å²) in [5.41, 5.74) is -0.135. The van der Waals surface area contributed by atoms with Gasteiger partial charge in [0.25, 0.3) is 9.05 Å². The fraction of sp³-hybridized carbons (Fsp3) is 0.700. The molecule has 1 atom stereocenters. The Morgan fingerprint density at radius 1 is 1.50 bits per heavy atom. The molecule has 0 N–H and O–H groups in total. The standard InChI is InChI=1S/C10H14ClF3N2O3S/c1-3-7(2)16-4-9(20(11,17)18)8(15-16)5-19-6-10(12,13)14/h4,7H,3,5-6H2,1-2H3/t7-/m1/s1. The molecule has 0 fully saturated rings. The molecule has 116 valence electrons. The lowest BCUT2D eigenvalue weighted by molar-refractivity contribution is -0.177. The van der Waals surface area contributed by atoms with E-state index in [-0.39, 0.29) is 16.6 Å². The van der Waals surface area contributed by atoms with Crippen molar-refractivity contribution in [3.8, 4) is 0 Å². The Bertz CT molecular complexity index is 557. The van der Waals surface area contributed by atoms with Gasteiger partial charge >= 0.3 is 6.18 Å². The van der Waals surface area contributed by atoms with E-state index >= 15 is 0 Å². The zero-order chi connectivity index (χ0) is 15.6. The SMILES string of the molecule is CC[C@@H](C)n1cc(S(=O)(=O)Cl)c(COCC(F)(F)F)n1. The van der Waals surface area contributed by atoms with Gasteiger partial charge in [0, 0.05) is 22.9 Å². The van der Waals surface area contributed by atoms with Gasteiger partial charge in [-0.1, -0.05) is 6.92 Å². The Balaban J connectivity index is 2.96. The fourth-order valence-electron chi connectivity index (χ4n) is 1.39. The lowest BCUT2D eigenvalue weighted by Gasteiger charge is -2.08. The quantitative estimate of drug-likeness (QED) is 0.750. The van der Waals surface area contributed by atoms with Crippen LogP contribution in [0, 0.1) is 0 Å². The molecule has 0 bridgehead atoms. The highest BCUT2D eigenvalue weighted by Gasteiger charge is 2.28. The first-order valence-corrected chi connectivity index (χ1v) is 8.02. The van der Waals surface area contributed by atoms with Gasteiger partial charge < -0.3 is 4.74 Å². The van der Waals surface area contributed by atoms with Gasteiger partial charge in [0.2, 0.25) is 0 Å². The molecule has 0 aliphatic heterocycles. The molecule has 0 saturated carbocycles. The molecule has 1 aromatic rings. The zero-order valence-electron chi connectivity index (χ0n) is 10.8. The summed E-state index contributed by atoms with van der Waals surface area (Å²) in [6.45, 7) is 1.59. The summed E-state index contributed by atoms with van der Waals surface area (Å²) in [7, 11) is 1.14. The van der Waals surface area contributed by atoms with Gasteiger partial charge in [-0.05, 0) is 13.3 Å². The van der Waals surface area contributed by atoms with Crippen molar-refractivity contribution < 1.29 is 26.3 Å². The summed E-state index contributed by atoms with van der Waals surface area (Å²) in [5, 5.41) is 3.93. The van der Waals surface area contributed by atoms with Gasteiger partial charge in [-0.25, -0.2) is 8.42 Å². The maximum Gasteiger partial charge on any atom is 0.411 e. The highest BCUT2D eigenvalue weighted by molar-refractivity contribution is 8.13. The van der Waals surface area contributed by atoms with Crippen molar-refractivity contribution in [2.45, 2.75) is 44.0 Å². The normalized spacial score (nSPS) is 14.5. The predicted molar refractivity (Wildman–Crippen MR) is 66.0 cm³/mol. The van der Waals surface area contributed by atoms with E-state index in [9.17, 15) is 21.6 Å². The highest BCUT2D eigenvalue weighted by Crippen LogP contribution is 2.23. The first-order chi connectivity index (χ1) is 9.04. The molecule has 5 nitrogen and oxygen atoms in total. The van der Waals surface area contributed by atoms with E-state index in [0.717, 1.165) is 0 Å². The predicted octanol–water partition coefficient (Wildman–Crippen LogP) is 2.86. The van der Waals surface area contributed by atoms with Crippen molar-refractivity contribution in [3.05, 3.63) is 11.9 Å². The number of ether oxygens (including phenoxy) is 1. The number of halogens is 4. The molecule has 0 amide bonds. The molecule has 10 heteroatoms. The Kier molecular flexibility index (Phi) is 5.45. The van der Waals surface area contributed by atoms with Gasteiger partial charge in [-0.3, -0.25) is 4.68 Å². The lowest BCUT2D eigenvalue weighted by Crippen LogP contribution is -2.17. The number of alkyl halides is 3. The van der Waals surface area contributed by atoms with E-state index in [2.05, 4.69) is 9.84 Å². The van der Waals surface area contributed by atoms with Crippen LogP contribution in [0.25, 0.3) is 0 Å². The van der Waals surface area contributed by atoms with Crippen LogP contribution in [0.2, 0.25) is 0 Å². The second kappa shape index (κ2) is 6.31. The maximum absolute atomic E-state index is 12.0. The van der Waals surface area contributed by atoms with Crippen molar-refractivity contribution in [2.75, 3.05) is 6.61 Å². The van der Waals surface area contributed by atoms with Crippen molar-refractivity contribution in [3.63, 3.8) is 0 Å². The van der Waals surface area contributed by atoms with E-state index in [1.54, 1.807) is 6.92 Å². The molecule has 0 aromatic carbocycles. The summed E-state index contributed by atoms with van der Waals surface area (Å²) in [6, 6.07) is -0.108. The number of aromatic nitrogens is 2. The minimum atomic E-state index is -4.49. The molecule has 20 heavy (non-hydrogen) atoms. The zero-order valence-corrected chi connectivity index (χ0v) is 12.4. The van der Waals surface area contributed by atoms with E-state index in [4.69, 9.17) is 10.7 Å². The van der Waals surface area contributed by atoms with Crippen molar-refractivity contribution in [1.82, 2.24) is 9.78 Å². The molecule has 1 aromatic heterocycles. The van der Waals surface area contributed by atoms with E-state index in [0.29, 0.717) is 6.42 Å². The molecule has 0 radical (unpaired) electrons. The van der Waals surface area contributed by atoms with Crippen LogP contribution in [0.5, 0.6) is 0 Å². The number of rotatable bonds is 6. The Hall–Kier alpha value is -0.800. The Labute approximate surface area is 119 Å². The van der Waals surface area contributed by atoms with Crippen LogP contribution in [0.4, 0.5) is 13.2 Å². The third-order valence-corrected chi connectivity index (χ3v) is 3.94. The van der Waals surface area contributed by atoms with E-state index in [1.807, 2.05) is 6.92 Å². The molecule has 1 heterocycles. The molecule has 0 aliphatic rings. The van der Waals surface area contributed by atoms with Gasteiger partial charge in [0.1, 0.15) is 17.2 Å². The fourth-order valence-corrected chi connectivity index (χ4v) is 2.39. The second-order valence-corrected chi connectivity index (χ2v) is 6.76. The van der Waals surface area contributed by atoms with Gasteiger partial charge in [0.05, 0.1) is 6.61 Å². The van der Waals surface area contributed by atoms with Crippen LogP contribution < -0.4 is 0 Å². The smallest absolute Gasteiger partial charge is 0.366 e. The van der Waals surface area contributed by atoms with E-state index in [1.165, 1.54) is 10.9 Å². The third-order valence-electron chi connectivity index (χ3n) is 2.58. The second-order valence-electron chi connectivity index (χ2n) is 4.22. The maximum atomic E-state index is 12.0. The van der Waals surface area contributed by atoms with Crippen LogP contribution in [0.15, 0.2) is 11.1 Å². The largest absolute Gasteiger partial charge is 0.411 e. The van der Waals surface area contributed by atoms with Crippen LogP contribution in [0.3, 0.4) is 0 Å². The molecular weight excluding hydrogens is 321 g/mol. The van der Waals surface area contributed by atoms with Crippen LogP contribution in [-0.2, 0) is 20.4 Å². The summed E-state index contributed by atoms with van der Waals surface area (Å²) < 4.78 is 64.5. The van der Waals surface area contributed by atoms with Gasteiger partial charge in [-0.15, -0.1) is 0 Å². The van der Waals surface area contributed by atoms with Gasteiger partial charge in [0.15, 0.2) is 0 Å². The average Bonchev–Trinajstić information content (AvgIpc) is 2.70. The first-order valence-electron chi connectivity index (χ1n) is 5.71. The minimum Gasteiger partial charge on any atom is -0.366 e. The topological polar surface area (TPSA) is 61.2 Å². The van der Waals surface area contributed by atoms with Crippen molar-refractivity contribution in [1.29, 1.82) is 0 Å². The molecule has 1 rings (SSSR count). The summed E-state index contributed by atoms with van der Waals surface area (Å²) >= 11 is 0. The Morgan fingerprint density at radius 2 is 2.10 bits per heavy atom. The van der Waals surface area contributed by atoms with Crippen molar-refractivity contribution >= 4 is 19.7 Å². The molecule has 0 saturated heterocycles. The summed E-state index contributed by atoms with van der Waals surface area (Å²) in [6.07, 6.45) is -2.62. The lowest BCUT2D eigenvalue weighted by atomic mass is 10.3. The van der Waals surface area contributed by atoms with Crippen molar-refractivity contribution in [2.24, 2.45) is 0 Å². The number of hydrogen-bond donors (Lipinski definition) is 0.